The van der Waals surface area contributed by atoms with Crippen molar-refractivity contribution in [3.63, 3.8) is 0 Å². The number of aromatic nitrogens is 4. The molecule has 9 rings (SSSR count). The van der Waals surface area contributed by atoms with E-state index in [1.807, 2.05) is 83.9 Å². The van der Waals surface area contributed by atoms with Gasteiger partial charge in [0.15, 0.2) is 0 Å². The fourth-order valence-electron chi connectivity index (χ4n) is 6.86. The lowest BCUT2D eigenvalue weighted by molar-refractivity contribution is 1.17. The van der Waals surface area contributed by atoms with Crippen LogP contribution in [0.15, 0.2) is 182 Å². The van der Waals surface area contributed by atoms with Crippen LogP contribution in [-0.4, -0.2) is 19.1 Å². The molecule has 0 aliphatic heterocycles. The summed E-state index contributed by atoms with van der Waals surface area (Å²) in [5.74, 6) is 0. The number of halogens is 1. The van der Waals surface area contributed by atoms with Crippen LogP contribution in [0.1, 0.15) is 13.8 Å². The van der Waals surface area contributed by atoms with Gasteiger partial charge in [-0.3, -0.25) is 9.97 Å². The lowest BCUT2D eigenvalue weighted by atomic mass is 10.0. The van der Waals surface area contributed by atoms with Gasteiger partial charge in [0.05, 0.1) is 33.1 Å². The summed E-state index contributed by atoms with van der Waals surface area (Å²) < 4.78 is 4.65. The minimum Gasteiger partial charge on any atom is -0.308 e. The Hall–Kier alpha value is -5.44. The number of pyridine rings is 2. The second-order valence-electron chi connectivity index (χ2n) is 12.2. The van der Waals surface area contributed by atoms with Gasteiger partial charge < -0.3 is 9.13 Å². The molecule has 0 unspecified atom stereocenters. The van der Waals surface area contributed by atoms with E-state index in [1.54, 1.807) is 0 Å². The number of allylic oxidation sites excluding steroid dienone is 4. The van der Waals surface area contributed by atoms with Gasteiger partial charge in [-0.15, -0.1) is 9.80 Å². The zero-order chi connectivity index (χ0) is 35.9. The third-order valence-electron chi connectivity index (χ3n) is 9.09. The summed E-state index contributed by atoms with van der Waals surface area (Å²) in [5.41, 5.74) is 13.4. The van der Waals surface area contributed by atoms with Crippen molar-refractivity contribution in [2.75, 3.05) is 0 Å². The molecule has 5 aromatic carbocycles. The van der Waals surface area contributed by atoms with Crippen LogP contribution < -0.4 is 0 Å². The minimum atomic E-state index is 1.01. The molecule has 6 heteroatoms. The monoisotopic (exact) mass is 804 g/mol. The fraction of sp³-hybridized carbons (Fsp3) is 0.0435. The molecule has 4 heterocycles. The van der Waals surface area contributed by atoms with Crippen molar-refractivity contribution in [3.05, 3.63) is 182 Å². The highest BCUT2D eigenvalue weighted by Gasteiger charge is 2.16. The Morgan fingerprint density at radius 3 is 1.52 bits per heavy atom. The number of benzene rings is 5. The van der Waals surface area contributed by atoms with Crippen LogP contribution in [0.3, 0.4) is 0 Å². The molecule has 0 bridgehead atoms. The molecule has 4 nitrogen and oxygen atoms in total. The third-order valence-corrected chi connectivity index (χ3v) is 9.09. The molecule has 0 atom stereocenters. The van der Waals surface area contributed by atoms with Crippen molar-refractivity contribution in [2.45, 2.75) is 13.8 Å². The number of hydrogen-bond acceptors (Lipinski definition) is 3. The van der Waals surface area contributed by atoms with Crippen molar-refractivity contribution < 1.29 is 0 Å². The van der Waals surface area contributed by atoms with Crippen LogP contribution >= 0.6 is 31.0 Å². The van der Waals surface area contributed by atoms with E-state index in [9.17, 15) is 0 Å². The normalized spacial score (nSPS) is 11.3. The molecule has 52 heavy (non-hydrogen) atoms. The number of para-hydroxylation sites is 1. The maximum Gasteiger partial charge on any atom is 0.0963 e. The van der Waals surface area contributed by atoms with Crippen LogP contribution in [0, 0.1) is 0 Å². The second-order valence-corrected chi connectivity index (χ2v) is 12.2. The van der Waals surface area contributed by atoms with Gasteiger partial charge in [-0.05, 0) is 124 Å². The van der Waals surface area contributed by atoms with Crippen molar-refractivity contribution in [1.29, 1.82) is 0 Å². The summed E-state index contributed by atoms with van der Waals surface area (Å²) >= 11 is 1.84. The predicted octanol–water partition coefficient (Wildman–Crippen LogP) is 13.4. The Morgan fingerprint density at radius 2 is 0.923 bits per heavy atom. The van der Waals surface area contributed by atoms with E-state index in [0.717, 1.165) is 66.4 Å². The fourth-order valence-corrected chi connectivity index (χ4v) is 6.86. The minimum absolute atomic E-state index is 1.01. The maximum atomic E-state index is 4.83. The van der Waals surface area contributed by atoms with Gasteiger partial charge in [-0.25, -0.2) is 0 Å². The number of hydrogen-bond donors (Lipinski definition) is 1. The highest BCUT2D eigenvalue weighted by molar-refractivity contribution is 14.2. The zero-order valence-corrected chi connectivity index (χ0v) is 32.0. The Bertz CT molecular complexity index is 2620. The zero-order valence-electron chi connectivity index (χ0n) is 28.9. The van der Waals surface area contributed by atoms with Gasteiger partial charge in [0, 0.05) is 34.5 Å². The lowest BCUT2D eigenvalue weighted by Crippen LogP contribution is -1.96. The molecular formula is C46H37IN4S. The van der Waals surface area contributed by atoms with Crippen molar-refractivity contribution in [2.24, 2.45) is 0 Å². The lowest BCUT2D eigenvalue weighted by Gasteiger charge is -2.12. The summed E-state index contributed by atoms with van der Waals surface area (Å²) in [6, 6.07) is 51.6. The first-order valence-electron chi connectivity index (χ1n) is 17.2. The Balaban J connectivity index is 0.000000481. The maximum absolute atomic E-state index is 4.83. The molecule has 0 saturated heterocycles. The topological polar surface area (TPSA) is 35.6 Å². The van der Waals surface area contributed by atoms with Gasteiger partial charge >= 0.3 is 0 Å². The Kier molecular flexibility index (Phi) is 10.9. The van der Waals surface area contributed by atoms with Crippen molar-refractivity contribution in [3.8, 4) is 33.6 Å². The van der Waals surface area contributed by atoms with Crippen LogP contribution in [0.2, 0.25) is 0 Å². The summed E-state index contributed by atoms with van der Waals surface area (Å²) in [6.45, 7) is 4.00. The average Bonchev–Trinajstić information content (AvgIpc) is 3.74. The molecule has 0 saturated carbocycles. The van der Waals surface area contributed by atoms with Crippen molar-refractivity contribution >= 4 is 74.9 Å². The molecule has 0 aliphatic carbocycles. The van der Waals surface area contributed by atoms with Crippen LogP contribution in [0.5, 0.6) is 0 Å². The third kappa shape index (κ3) is 6.79. The van der Waals surface area contributed by atoms with E-state index in [4.69, 9.17) is 9.97 Å². The number of thiol groups is 1. The molecule has 0 spiro atoms. The van der Waals surface area contributed by atoms with Gasteiger partial charge in [0.25, 0.3) is 0 Å². The van der Waals surface area contributed by atoms with E-state index >= 15 is 0 Å². The summed E-state index contributed by atoms with van der Waals surface area (Å²) in [7, 11) is 3.50. The summed E-state index contributed by atoms with van der Waals surface area (Å²) in [4.78, 5) is 9.55. The Morgan fingerprint density at radius 1 is 0.442 bits per heavy atom. The molecule has 0 radical (unpaired) electrons. The highest BCUT2D eigenvalue weighted by atomic mass is 127. The first-order chi connectivity index (χ1) is 25.7. The molecule has 9 aromatic rings. The summed E-state index contributed by atoms with van der Waals surface area (Å²) in [6.07, 6.45) is 11.8. The van der Waals surface area contributed by atoms with E-state index in [1.165, 1.54) is 11.1 Å². The SMILES string of the molecule is C/C=C\C=C/C.SI.c1ccc(-c2ccc3c(c2)c2ncccc2n3-c2cccc(-c3cccc(-n4c5ccccc5c5ncccc54)c3)c2)cc1. The average molecular weight is 805 g/mol. The molecule has 4 aromatic heterocycles. The van der Waals surface area contributed by atoms with E-state index in [0.29, 0.717) is 0 Å². The van der Waals surface area contributed by atoms with E-state index in [2.05, 4.69) is 152 Å². The van der Waals surface area contributed by atoms with Crippen molar-refractivity contribution in [1.82, 2.24) is 19.1 Å². The quantitative estimate of drug-likeness (QED) is 0.107. The first kappa shape index (κ1) is 35.0. The molecule has 254 valence electrons. The number of fused-ring (bicyclic) bond motifs is 6. The standard InChI is InChI=1S/C40H26N4.C6H10.HIS/c1-2-10-27(11-3-1)30-20-21-36-34(26-30)40-38(19-9-23-42-40)44(36)32-15-7-13-29(25-32)28-12-6-14-31(24-28)43-35-17-5-4-16-33(35)39-37(43)18-8-22-41-39;1-3-5-6-4-2;1-2/h1-26H;3-6H,1-2H3;2H/b;5-3-,6-4-;. The first-order valence-corrected chi connectivity index (χ1v) is 20.4. The van der Waals surface area contributed by atoms with Gasteiger partial charge in [-0.2, -0.15) is 0 Å². The van der Waals surface area contributed by atoms with Crippen LogP contribution in [0.4, 0.5) is 0 Å². The predicted molar refractivity (Wildman–Crippen MR) is 234 cm³/mol. The van der Waals surface area contributed by atoms with Crippen LogP contribution in [-0.2, 0) is 0 Å². The number of rotatable bonds is 5. The smallest absolute Gasteiger partial charge is 0.0963 e. The van der Waals surface area contributed by atoms with Crippen LogP contribution in [0.25, 0.3) is 77.5 Å². The van der Waals surface area contributed by atoms with Gasteiger partial charge in [-0.1, -0.05) is 103 Å². The van der Waals surface area contributed by atoms with Gasteiger partial charge in [0.2, 0.25) is 0 Å². The molecule has 0 aliphatic rings. The van der Waals surface area contributed by atoms with E-state index in [-0.39, 0.29) is 0 Å². The van der Waals surface area contributed by atoms with Gasteiger partial charge in [0.1, 0.15) is 0 Å². The Labute approximate surface area is 321 Å². The summed E-state index contributed by atoms with van der Waals surface area (Å²) in [5, 5.41) is 2.31. The molecule has 0 N–H and O–H groups in total. The molecular weight excluding hydrogens is 768 g/mol. The molecule has 0 fully saturated rings. The largest absolute Gasteiger partial charge is 0.308 e. The second kappa shape index (κ2) is 16.3. The molecule has 0 amide bonds. The number of nitrogens with zero attached hydrogens (tertiary/aromatic N) is 4. The highest BCUT2D eigenvalue weighted by Crippen LogP contribution is 2.36. The van der Waals surface area contributed by atoms with E-state index < -0.39 is 0 Å².